The summed E-state index contributed by atoms with van der Waals surface area (Å²) in [5, 5.41) is 0. The zero-order chi connectivity index (χ0) is 10.8. The highest BCUT2D eigenvalue weighted by Crippen LogP contribution is 2.37. The van der Waals surface area contributed by atoms with Crippen LogP contribution in [0.1, 0.15) is 19.3 Å². The maximum Gasteiger partial charge on any atom is 0.161 e. The van der Waals surface area contributed by atoms with Crippen LogP contribution in [0.5, 0.6) is 0 Å². The molecule has 0 amide bonds. The fourth-order valence-electron chi connectivity index (χ4n) is 2.15. The van der Waals surface area contributed by atoms with Crippen LogP contribution in [-0.4, -0.2) is 34.5 Å². The van der Waals surface area contributed by atoms with Crippen molar-refractivity contribution in [3.05, 3.63) is 0 Å². The molecule has 2 nitrogen and oxygen atoms in total. The summed E-state index contributed by atoms with van der Waals surface area (Å²) in [7, 11) is 0. The first kappa shape index (κ1) is 12.6. The molecule has 1 aliphatic heterocycles. The first-order chi connectivity index (χ1) is 7.20. The van der Waals surface area contributed by atoms with Crippen molar-refractivity contribution >= 4 is 43.5 Å². The highest BCUT2D eigenvalue weighted by atomic mass is 79.9. The van der Waals surface area contributed by atoms with Gasteiger partial charge in [0.1, 0.15) is 0 Å². The lowest BCUT2D eigenvalue weighted by Gasteiger charge is -2.32. The maximum absolute atomic E-state index is 5.74. The molecule has 0 N–H and O–H groups in total. The van der Waals surface area contributed by atoms with Crippen LogP contribution < -0.4 is 0 Å². The minimum atomic E-state index is -0.0335. The molecule has 88 valence electrons. The second-order valence-corrected chi connectivity index (χ2v) is 6.88. The van der Waals surface area contributed by atoms with Gasteiger partial charge >= 0.3 is 0 Å². The van der Waals surface area contributed by atoms with E-state index in [4.69, 9.17) is 21.1 Å². The Labute approximate surface area is 112 Å². The Morgan fingerprint density at radius 2 is 2.00 bits per heavy atom. The van der Waals surface area contributed by atoms with Crippen molar-refractivity contribution in [3.63, 3.8) is 0 Å². The molecule has 1 saturated carbocycles. The molecule has 2 rings (SSSR count). The van der Waals surface area contributed by atoms with Gasteiger partial charge in [0, 0.05) is 15.6 Å². The van der Waals surface area contributed by atoms with Crippen LogP contribution in [0.4, 0.5) is 0 Å². The Morgan fingerprint density at radius 3 is 2.60 bits per heavy atom. The summed E-state index contributed by atoms with van der Waals surface area (Å²) in [6.45, 7) is 0.648. The highest BCUT2D eigenvalue weighted by molar-refractivity contribution is 9.12. The highest BCUT2D eigenvalue weighted by Gasteiger charge is 2.37. The Kier molecular flexibility index (Phi) is 4.77. The minimum Gasteiger partial charge on any atom is -0.350 e. The maximum atomic E-state index is 5.74. The Morgan fingerprint density at radius 1 is 1.20 bits per heavy atom. The predicted octanol–water partition coefficient (Wildman–Crippen LogP) is 3.29. The van der Waals surface area contributed by atoms with Crippen molar-refractivity contribution in [2.75, 3.05) is 12.5 Å². The van der Waals surface area contributed by atoms with Crippen molar-refractivity contribution in [1.82, 2.24) is 0 Å². The van der Waals surface area contributed by atoms with E-state index in [1.165, 1.54) is 6.42 Å². The average Bonchev–Trinajstić information content (AvgIpc) is 2.70. The first-order valence-corrected chi connectivity index (χ1v) is 7.68. The van der Waals surface area contributed by atoms with Crippen LogP contribution in [0.3, 0.4) is 0 Å². The monoisotopic (exact) mass is 360 g/mol. The van der Waals surface area contributed by atoms with Gasteiger partial charge in [0.25, 0.3) is 0 Å². The van der Waals surface area contributed by atoms with Gasteiger partial charge in [0.15, 0.2) is 6.29 Å². The van der Waals surface area contributed by atoms with E-state index in [1.54, 1.807) is 0 Å². The molecule has 0 aromatic rings. The number of ether oxygens (including phenoxy) is 2. The predicted molar refractivity (Wildman–Crippen MR) is 68.1 cm³/mol. The molecule has 5 atom stereocenters. The lowest BCUT2D eigenvalue weighted by atomic mass is 9.88. The third kappa shape index (κ3) is 3.09. The third-order valence-electron chi connectivity index (χ3n) is 3.06. The zero-order valence-corrected chi connectivity index (χ0v) is 12.3. The number of hydrogen-bond acceptors (Lipinski definition) is 2. The van der Waals surface area contributed by atoms with E-state index in [0.717, 1.165) is 12.8 Å². The van der Waals surface area contributed by atoms with Gasteiger partial charge in [-0.15, -0.1) is 11.6 Å². The van der Waals surface area contributed by atoms with Crippen LogP contribution in [-0.2, 0) is 9.47 Å². The summed E-state index contributed by atoms with van der Waals surface area (Å²) in [4.78, 5) is 1.11. The van der Waals surface area contributed by atoms with Crippen LogP contribution in [0.2, 0.25) is 0 Å². The number of rotatable bonds is 2. The Hall–Kier alpha value is 1.17. The van der Waals surface area contributed by atoms with Gasteiger partial charge in [-0.3, -0.25) is 0 Å². The lowest BCUT2D eigenvalue weighted by Crippen LogP contribution is -2.33. The van der Waals surface area contributed by atoms with E-state index in [0.29, 0.717) is 28.1 Å². The fourth-order valence-corrected chi connectivity index (χ4v) is 3.54. The minimum absolute atomic E-state index is 0.0335. The molecule has 0 radical (unpaired) electrons. The standard InChI is InChI=1S/C10H15Br2ClO2/c11-8-2-1-6(3-9(8)12)10-14-5-7(4-13)15-10/h6-10H,1-5H2/t6-,7+,8+,9+,10-/m1/s1. The summed E-state index contributed by atoms with van der Waals surface area (Å²) in [5.41, 5.74) is 0. The van der Waals surface area contributed by atoms with Crippen molar-refractivity contribution < 1.29 is 9.47 Å². The largest absolute Gasteiger partial charge is 0.350 e. The van der Waals surface area contributed by atoms with Gasteiger partial charge in [0.2, 0.25) is 0 Å². The summed E-state index contributed by atoms with van der Waals surface area (Å²) in [6, 6.07) is 0. The zero-order valence-electron chi connectivity index (χ0n) is 8.37. The molecule has 0 spiro atoms. The molecular formula is C10H15Br2ClO2. The number of hydrogen-bond donors (Lipinski definition) is 0. The van der Waals surface area contributed by atoms with Crippen molar-refractivity contribution in [3.8, 4) is 0 Å². The van der Waals surface area contributed by atoms with Crippen LogP contribution in [0, 0.1) is 5.92 Å². The fraction of sp³-hybridized carbons (Fsp3) is 1.00. The van der Waals surface area contributed by atoms with Gasteiger partial charge in [-0.25, -0.2) is 0 Å². The quantitative estimate of drug-likeness (QED) is 0.702. The second-order valence-electron chi connectivity index (χ2n) is 4.22. The van der Waals surface area contributed by atoms with Gasteiger partial charge < -0.3 is 9.47 Å². The molecule has 0 unspecified atom stereocenters. The van der Waals surface area contributed by atoms with Gasteiger partial charge in [-0.1, -0.05) is 31.9 Å². The number of alkyl halides is 3. The molecule has 2 fully saturated rings. The topological polar surface area (TPSA) is 18.5 Å². The molecule has 15 heavy (non-hydrogen) atoms. The molecule has 0 aromatic heterocycles. The summed E-state index contributed by atoms with van der Waals surface area (Å²) in [6.07, 6.45) is 3.50. The molecule has 1 aliphatic carbocycles. The first-order valence-electron chi connectivity index (χ1n) is 5.32. The molecular weight excluding hydrogens is 347 g/mol. The molecule has 1 heterocycles. The third-order valence-corrected chi connectivity index (χ3v) is 6.23. The molecule has 0 aromatic carbocycles. The summed E-state index contributed by atoms with van der Waals surface area (Å²) < 4.78 is 11.4. The second kappa shape index (κ2) is 5.67. The summed E-state index contributed by atoms with van der Waals surface area (Å²) in [5.74, 6) is 1.04. The van der Waals surface area contributed by atoms with Crippen molar-refractivity contribution in [2.45, 2.75) is 41.3 Å². The molecule has 2 aliphatic rings. The van der Waals surface area contributed by atoms with Gasteiger partial charge in [0.05, 0.1) is 18.6 Å². The van der Waals surface area contributed by atoms with Gasteiger partial charge in [-0.2, -0.15) is 0 Å². The van der Waals surface area contributed by atoms with Gasteiger partial charge in [-0.05, 0) is 19.3 Å². The molecule has 1 saturated heterocycles. The van der Waals surface area contributed by atoms with E-state index in [2.05, 4.69) is 31.9 Å². The summed E-state index contributed by atoms with van der Waals surface area (Å²) >= 11 is 13.1. The smallest absolute Gasteiger partial charge is 0.161 e. The van der Waals surface area contributed by atoms with Crippen LogP contribution in [0.25, 0.3) is 0 Å². The van der Waals surface area contributed by atoms with E-state index >= 15 is 0 Å². The Bertz CT molecular complexity index is 218. The van der Waals surface area contributed by atoms with Crippen LogP contribution >= 0.6 is 43.5 Å². The van der Waals surface area contributed by atoms with E-state index in [9.17, 15) is 0 Å². The van der Waals surface area contributed by atoms with Crippen molar-refractivity contribution in [1.29, 1.82) is 0 Å². The van der Waals surface area contributed by atoms with E-state index < -0.39 is 0 Å². The molecule has 5 heteroatoms. The normalized spacial score (nSPS) is 47.0. The van der Waals surface area contributed by atoms with Crippen LogP contribution in [0.15, 0.2) is 0 Å². The van der Waals surface area contributed by atoms with E-state index in [-0.39, 0.29) is 12.4 Å². The average molecular weight is 362 g/mol. The molecule has 0 bridgehead atoms. The number of halogens is 3. The lowest BCUT2D eigenvalue weighted by molar-refractivity contribution is -0.101. The Balaban J connectivity index is 1.84. The van der Waals surface area contributed by atoms with Crippen molar-refractivity contribution in [2.24, 2.45) is 5.92 Å². The SMILES string of the molecule is ClC[C@H]1CO[C@@H]([C@@H]2CC[C@H](Br)[C@@H](Br)C2)O1. The van der Waals surface area contributed by atoms with E-state index in [1.807, 2.05) is 0 Å².